The predicted octanol–water partition coefficient (Wildman–Crippen LogP) is 1.14. The van der Waals surface area contributed by atoms with E-state index >= 15 is 0 Å². The lowest BCUT2D eigenvalue weighted by Gasteiger charge is -2.38. The largest absolute Gasteiger partial charge is 0.329 e. The third-order valence-corrected chi connectivity index (χ3v) is 4.36. The van der Waals surface area contributed by atoms with Gasteiger partial charge in [0, 0.05) is 45.3 Å². The molecule has 1 unspecified atom stereocenters. The summed E-state index contributed by atoms with van der Waals surface area (Å²) in [5.74, 6) is 0.999. The maximum absolute atomic E-state index is 5.71. The summed E-state index contributed by atoms with van der Waals surface area (Å²) in [6.45, 7) is 9.32. The van der Waals surface area contributed by atoms with Gasteiger partial charge in [-0.2, -0.15) is 0 Å². The first-order valence-electron chi connectivity index (χ1n) is 6.96. The van der Waals surface area contributed by atoms with Crippen LogP contribution < -0.4 is 5.73 Å². The highest BCUT2D eigenvalue weighted by atomic mass is 15.3. The van der Waals surface area contributed by atoms with E-state index in [9.17, 15) is 0 Å². The van der Waals surface area contributed by atoms with Crippen LogP contribution in [0.5, 0.6) is 0 Å². The van der Waals surface area contributed by atoms with Crippen molar-refractivity contribution in [2.24, 2.45) is 11.7 Å². The van der Waals surface area contributed by atoms with E-state index in [-0.39, 0.29) is 0 Å². The Morgan fingerprint density at radius 3 is 2.31 bits per heavy atom. The SMILES string of the molecule is CC(CN)N1CCN(CC2CCCC2)CC1. The van der Waals surface area contributed by atoms with Crippen LogP contribution in [0.25, 0.3) is 0 Å². The molecule has 3 nitrogen and oxygen atoms in total. The molecule has 0 aromatic rings. The van der Waals surface area contributed by atoms with Crippen molar-refractivity contribution in [2.45, 2.75) is 38.6 Å². The Hall–Kier alpha value is -0.120. The molecule has 0 bridgehead atoms. The van der Waals surface area contributed by atoms with E-state index in [0.717, 1.165) is 12.5 Å². The van der Waals surface area contributed by atoms with E-state index in [4.69, 9.17) is 5.73 Å². The van der Waals surface area contributed by atoms with Crippen LogP contribution in [-0.2, 0) is 0 Å². The summed E-state index contributed by atoms with van der Waals surface area (Å²) in [6.07, 6.45) is 5.88. The normalized spacial score (nSPS) is 27.4. The molecule has 2 N–H and O–H groups in total. The van der Waals surface area contributed by atoms with Gasteiger partial charge in [0.05, 0.1) is 0 Å². The van der Waals surface area contributed by atoms with Gasteiger partial charge in [-0.1, -0.05) is 12.8 Å². The molecule has 1 saturated carbocycles. The van der Waals surface area contributed by atoms with Crippen molar-refractivity contribution >= 4 is 0 Å². The standard InChI is InChI=1S/C13H27N3/c1-12(10-14)16-8-6-15(7-9-16)11-13-4-2-3-5-13/h12-13H,2-11,14H2,1H3. The van der Waals surface area contributed by atoms with Crippen LogP contribution in [0, 0.1) is 5.92 Å². The molecule has 0 radical (unpaired) electrons. The van der Waals surface area contributed by atoms with Crippen molar-refractivity contribution in [3.63, 3.8) is 0 Å². The number of rotatable bonds is 4. The lowest BCUT2D eigenvalue weighted by atomic mass is 10.1. The Morgan fingerprint density at radius 2 is 1.75 bits per heavy atom. The molecular formula is C13H27N3. The summed E-state index contributed by atoms with van der Waals surface area (Å²) in [6, 6.07) is 0.564. The van der Waals surface area contributed by atoms with E-state index in [1.54, 1.807) is 0 Å². The molecule has 1 saturated heterocycles. The number of nitrogens with zero attached hydrogens (tertiary/aromatic N) is 2. The van der Waals surface area contributed by atoms with E-state index in [2.05, 4.69) is 16.7 Å². The molecule has 3 heteroatoms. The first-order valence-corrected chi connectivity index (χ1v) is 6.96. The van der Waals surface area contributed by atoms with Gasteiger partial charge in [-0.05, 0) is 25.7 Å². The molecule has 0 aromatic carbocycles. The Bertz CT molecular complexity index is 193. The summed E-state index contributed by atoms with van der Waals surface area (Å²) in [4.78, 5) is 5.20. The summed E-state index contributed by atoms with van der Waals surface area (Å²) in [5, 5.41) is 0. The molecule has 1 atom stereocenters. The van der Waals surface area contributed by atoms with Crippen LogP contribution in [-0.4, -0.2) is 55.1 Å². The number of piperazine rings is 1. The second kappa shape index (κ2) is 5.99. The Kier molecular flexibility index (Phi) is 4.62. The molecule has 1 aliphatic carbocycles. The van der Waals surface area contributed by atoms with E-state index in [0.29, 0.717) is 6.04 Å². The Morgan fingerprint density at radius 1 is 1.12 bits per heavy atom. The van der Waals surface area contributed by atoms with Gasteiger partial charge in [-0.3, -0.25) is 4.90 Å². The number of nitrogens with two attached hydrogens (primary N) is 1. The zero-order chi connectivity index (χ0) is 11.4. The molecule has 2 rings (SSSR count). The highest BCUT2D eigenvalue weighted by molar-refractivity contribution is 4.79. The molecular weight excluding hydrogens is 198 g/mol. The van der Waals surface area contributed by atoms with Gasteiger partial charge < -0.3 is 10.6 Å². The lowest BCUT2D eigenvalue weighted by Crippen LogP contribution is -2.52. The van der Waals surface area contributed by atoms with Crippen LogP contribution in [0.3, 0.4) is 0 Å². The minimum atomic E-state index is 0.564. The number of hydrogen-bond donors (Lipinski definition) is 1. The van der Waals surface area contributed by atoms with Gasteiger partial charge >= 0.3 is 0 Å². The minimum Gasteiger partial charge on any atom is -0.329 e. The fourth-order valence-electron chi connectivity index (χ4n) is 3.09. The molecule has 0 amide bonds. The third kappa shape index (κ3) is 3.19. The zero-order valence-corrected chi connectivity index (χ0v) is 10.7. The monoisotopic (exact) mass is 225 g/mol. The van der Waals surface area contributed by atoms with Crippen molar-refractivity contribution in [1.29, 1.82) is 0 Å². The van der Waals surface area contributed by atoms with Crippen LogP contribution >= 0.6 is 0 Å². The van der Waals surface area contributed by atoms with Crippen LogP contribution in [0.4, 0.5) is 0 Å². The van der Waals surface area contributed by atoms with Crippen LogP contribution in [0.1, 0.15) is 32.6 Å². The first kappa shape index (κ1) is 12.3. The van der Waals surface area contributed by atoms with Gasteiger partial charge in [0.25, 0.3) is 0 Å². The molecule has 0 spiro atoms. The Balaban J connectivity index is 1.68. The highest BCUT2D eigenvalue weighted by Gasteiger charge is 2.23. The quantitative estimate of drug-likeness (QED) is 0.779. The fourth-order valence-corrected chi connectivity index (χ4v) is 3.09. The van der Waals surface area contributed by atoms with Gasteiger partial charge in [0.1, 0.15) is 0 Å². The second-order valence-corrected chi connectivity index (χ2v) is 5.57. The van der Waals surface area contributed by atoms with Crippen molar-refractivity contribution in [3.8, 4) is 0 Å². The molecule has 94 valence electrons. The van der Waals surface area contributed by atoms with E-state index in [1.807, 2.05) is 0 Å². The maximum atomic E-state index is 5.71. The zero-order valence-electron chi connectivity index (χ0n) is 10.7. The topological polar surface area (TPSA) is 32.5 Å². The van der Waals surface area contributed by atoms with Gasteiger partial charge in [-0.15, -0.1) is 0 Å². The van der Waals surface area contributed by atoms with Crippen molar-refractivity contribution in [3.05, 3.63) is 0 Å². The molecule has 16 heavy (non-hydrogen) atoms. The maximum Gasteiger partial charge on any atom is 0.0191 e. The van der Waals surface area contributed by atoms with Crippen molar-refractivity contribution in [1.82, 2.24) is 9.80 Å². The van der Waals surface area contributed by atoms with Crippen LogP contribution in [0.15, 0.2) is 0 Å². The minimum absolute atomic E-state index is 0.564. The highest BCUT2D eigenvalue weighted by Crippen LogP contribution is 2.25. The molecule has 2 fully saturated rings. The van der Waals surface area contributed by atoms with E-state index < -0.39 is 0 Å². The first-order chi connectivity index (χ1) is 7.79. The van der Waals surface area contributed by atoms with Gasteiger partial charge in [0.2, 0.25) is 0 Å². The molecule has 1 heterocycles. The van der Waals surface area contributed by atoms with Crippen molar-refractivity contribution in [2.75, 3.05) is 39.3 Å². The second-order valence-electron chi connectivity index (χ2n) is 5.57. The van der Waals surface area contributed by atoms with Crippen LogP contribution in [0.2, 0.25) is 0 Å². The Labute approximate surface area is 100.0 Å². The summed E-state index contributed by atoms with van der Waals surface area (Å²) in [5.41, 5.74) is 5.71. The fraction of sp³-hybridized carbons (Fsp3) is 1.00. The smallest absolute Gasteiger partial charge is 0.0191 e. The summed E-state index contributed by atoms with van der Waals surface area (Å²) >= 11 is 0. The average molecular weight is 225 g/mol. The summed E-state index contributed by atoms with van der Waals surface area (Å²) < 4.78 is 0. The molecule has 1 aliphatic heterocycles. The predicted molar refractivity (Wildman–Crippen MR) is 68.5 cm³/mol. The van der Waals surface area contributed by atoms with Crippen molar-refractivity contribution < 1.29 is 0 Å². The third-order valence-electron chi connectivity index (χ3n) is 4.36. The van der Waals surface area contributed by atoms with E-state index in [1.165, 1.54) is 58.4 Å². The number of hydrogen-bond acceptors (Lipinski definition) is 3. The van der Waals surface area contributed by atoms with Gasteiger partial charge in [0.15, 0.2) is 0 Å². The lowest BCUT2D eigenvalue weighted by molar-refractivity contribution is 0.0943. The van der Waals surface area contributed by atoms with Gasteiger partial charge in [-0.25, -0.2) is 0 Å². The average Bonchev–Trinajstić information content (AvgIpc) is 2.82. The molecule has 2 aliphatic rings. The molecule has 0 aromatic heterocycles. The summed E-state index contributed by atoms with van der Waals surface area (Å²) in [7, 11) is 0.